The molecule has 0 amide bonds. The zero-order valence-electron chi connectivity index (χ0n) is 20.5. The van der Waals surface area contributed by atoms with E-state index in [1.54, 1.807) is 0 Å². The smallest absolute Gasteiger partial charge is 0.204 e. The Kier molecular flexibility index (Phi) is 6.10. The molecule has 11 heteroatoms. The molecule has 4 heterocycles. The van der Waals surface area contributed by atoms with Crippen molar-refractivity contribution in [2.75, 3.05) is 4.90 Å². The van der Waals surface area contributed by atoms with Crippen LogP contribution >= 0.6 is 23.2 Å². The summed E-state index contributed by atoms with van der Waals surface area (Å²) in [5.41, 5.74) is 3.74. The van der Waals surface area contributed by atoms with Gasteiger partial charge < -0.3 is 14.7 Å². The van der Waals surface area contributed by atoms with Gasteiger partial charge in [0.05, 0.1) is 15.7 Å². The molecule has 8 nitrogen and oxygen atoms in total. The van der Waals surface area contributed by atoms with Gasteiger partial charge in [0, 0.05) is 47.3 Å². The molecule has 7 rings (SSSR count). The summed E-state index contributed by atoms with van der Waals surface area (Å²) in [5.74, 6) is 1.48. The number of rotatable bonds is 7. The molecule has 2 aliphatic heterocycles. The second-order valence-electron chi connectivity index (χ2n) is 10.5. The molecule has 2 N–H and O–H groups in total. The van der Waals surface area contributed by atoms with E-state index in [-0.39, 0.29) is 17.9 Å². The second kappa shape index (κ2) is 9.63. The number of H-pyrrole nitrogens is 1. The Labute approximate surface area is 228 Å². The fraction of sp³-hybridized carbons (Fsp3) is 0.407. The normalized spacial score (nSPS) is 22.8. The van der Waals surface area contributed by atoms with Crippen LogP contribution < -0.4 is 10.2 Å². The molecule has 3 fully saturated rings. The molecule has 3 aliphatic rings. The van der Waals surface area contributed by atoms with Gasteiger partial charge >= 0.3 is 0 Å². The fourth-order valence-corrected chi connectivity index (χ4v) is 6.78. The molecule has 2 bridgehead atoms. The minimum atomic E-state index is -0.254. The number of hydrogen-bond acceptors (Lipinski definition) is 7. The Morgan fingerprint density at radius 1 is 1.05 bits per heavy atom. The fourth-order valence-electron chi connectivity index (χ4n) is 6.20. The number of piperidine rings is 1. The third kappa shape index (κ3) is 4.26. The first-order chi connectivity index (χ1) is 18.6. The van der Waals surface area contributed by atoms with Crippen LogP contribution in [0.15, 0.2) is 40.9 Å². The predicted octanol–water partition coefficient (Wildman–Crippen LogP) is 6.13. The van der Waals surface area contributed by atoms with Crippen molar-refractivity contribution >= 4 is 28.9 Å². The van der Waals surface area contributed by atoms with Crippen molar-refractivity contribution in [1.29, 1.82) is 0 Å². The van der Waals surface area contributed by atoms with Crippen LogP contribution in [0.25, 0.3) is 22.6 Å². The van der Waals surface area contributed by atoms with Gasteiger partial charge in [0.1, 0.15) is 17.3 Å². The molecule has 0 spiro atoms. The van der Waals surface area contributed by atoms with Gasteiger partial charge in [0.25, 0.3) is 0 Å². The molecule has 2 aromatic carbocycles. The summed E-state index contributed by atoms with van der Waals surface area (Å²) in [7, 11) is 0. The van der Waals surface area contributed by atoms with Gasteiger partial charge in [-0.2, -0.15) is 5.21 Å². The number of nitrogens with zero attached hydrogens (tertiary/aromatic N) is 5. The van der Waals surface area contributed by atoms with Gasteiger partial charge in [-0.15, -0.1) is 10.2 Å². The number of anilines is 1. The van der Waals surface area contributed by atoms with Crippen molar-refractivity contribution in [3.8, 4) is 22.6 Å². The first-order valence-corrected chi connectivity index (χ1v) is 13.8. The average molecular weight is 554 g/mol. The number of benzene rings is 2. The van der Waals surface area contributed by atoms with Crippen LogP contribution in [0.2, 0.25) is 10.0 Å². The highest BCUT2D eigenvalue weighted by molar-refractivity contribution is 6.39. The highest BCUT2D eigenvalue weighted by atomic mass is 35.5. The highest BCUT2D eigenvalue weighted by Gasteiger charge is 2.42. The topological polar surface area (TPSA) is 95.8 Å². The summed E-state index contributed by atoms with van der Waals surface area (Å²) in [4.78, 5) is 2.28. The Hall–Kier alpha value is -3.01. The van der Waals surface area contributed by atoms with Gasteiger partial charge in [-0.3, -0.25) is 0 Å². The number of nitrogens with one attached hydrogen (secondary N) is 2. The van der Waals surface area contributed by atoms with Crippen molar-refractivity contribution < 1.29 is 8.91 Å². The van der Waals surface area contributed by atoms with E-state index in [0.717, 1.165) is 61.1 Å². The SMILES string of the molecule is Fc1cc(-c2nn[nH]n2)ccc1N1C2CCC1CC(NCc1c(-c3c(Cl)cccc3Cl)noc1C1CC1)C2. The average Bonchev–Trinajstić information content (AvgIpc) is 3.32. The largest absolute Gasteiger partial charge is 0.363 e. The summed E-state index contributed by atoms with van der Waals surface area (Å²) in [5, 5.41) is 23.2. The number of tetrazole rings is 1. The van der Waals surface area contributed by atoms with E-state index in [4.69, 9.17) is 27.7 Å². The number of hydrogen-bond donors (Lipinski definition) is 2. The number of aromatic amines is 1. The van der Waals surface area contributed by atoms with Gasteiger partial charge in [0.2, 0.25) is 5.82 Å². The van der Waals surface area contributed by atoms with E-state index in [1.807, 2.05) is 30.3 Å². The summed E-state index contributed by atoms with van der Waals surface area (Å²) in [6, 6.07) is 11.6. The monoisotopic (exact) mass is 553 g/mol. The molecule has 2 aromatic heterocycles. The Morgan fingerprint density at radius 2 is 1.82 bits per heavy atom. The van der Waals surface area contributed by atoms with Crippen LogP contribution in [-0.4, -0.2) is 43.9 Å². The van der Waals surface area contributed by atoms with Crippen LogP contribution in [0.5, 0.6) is 0 Å². The van der Waals surface area contributed by atoms with Gasteiger partial charge in [0.15, 0.2) is 0 Å². The first kappa shape index (κ1) is 24.1. The van der Waals surface area contributed by atoms with Crippen LogP contribution in [-0.2, 0) is 6.54 Å². The molecule has 1 saturated carbocycles. The van der Waals surface area contributed by atoms with Crippen molar-refractivity contribution in [2.45, 2.75) is 69.1 Å². The number of halogens is 3. The van der Waals surface area contributed by atoms with Gasteiger partial charge in [-0.1, -0.05) is 34.4 Å². The molecule has 1 aliphatic carbocycles. The van der Waals surface area contributed by atoms with Crippen LogP contribution in [0.4, 0.5) is 10.1 Å². The maximum atomic E-state index is 15.2. The van der Waals surface area contributed by atoms with Gasteiger partial charge in [-0.25, -0.2) is 4.39 Å². The number of fused-ring (bicyclic) bond motifs is 2. The summed E-state index contributed by atoms with van der Waals surface area (Å²) in [6.07, 6.45) is 6.20. The maximum absolute atomic E-state index is 15.2. The van der Waals surface area contributed by atoms with E-state index < -0.39 is 0 Å². The van der Waals surface area contributed by atoms with E-state index in [2.05, 4.69) is 36.0 Å². The lowest BCUT2D eigenvalue weighted by molar-refractivity contribution is 0.349. The minimum absolute atomic E-state index is 0.254. The van der Waals surface area contributed by atoms with Crippen molar-refractivity contribution in [3.05, 3.63) is 63.6 Å². The van der Waals surface area contributed by atoms with Crippen LogP contribution in [0.3, 0.4) is 0 Å². The standard InChI is InChI=1S/C27H26Cl2FN7O/c28-20-2-1-3-21(29)24(20)25-19(26(38-34-25)14-4-5-14)13-31-16-11-17-7-8-18(12-16)37(17)23-9-6-15(10-22(23)30)27-32-35-36-33-27/h1-3,6,9-10,14,16-18,31H,4-5,7-8,11-13H2,(H,32,33,35,36). The van der Waals surface area contributed by atoms with E-state index >= 15 is 4.39 Å². The molecule has 0 radical (unpaired) electrons. The summed E-state index contributed by atoms with van der Waals surface area (Å²) < 4.78 is 21.1. The molecule has 2 atom stereocenters. The molecular formula is C27H26Cl2FN7O. The summed E-state index contributed by atoms with van der Waals surface area (Å²) in [6.45, 7) is 0.629. The summed E-state index contributed by atoms with van der Waals surface area (Å²) >= 11 is 13.1. The number of aromatic nitrogens is 5. The Morgan fingerprint density at radius 3 is 2.47 bits per heavy atom. The first-order valence-electron chi connectivity index (χ1n) is 13.0. The quantitative estimate of drug-likeness (QED) is 0.284. The van der Waals surface area contributed by atoms with E-state index in [9.17, 15) is 0 Å². The van der Waals surface area contributed by atoms with Crippen LogP contribution in [0.1, 0.15) is 55.8 Å². The third-order valence-electron chi connectivity index (χ3n) is 8.10. The van der Waals surface area contributed by atoms with Crippen molar-refractivity contribution in [1.82, 2.24) is 31.1 Å². The molecular weight excluding hydrogens is 528 g/mol. The van der Waals surface area contributed by atoms with Crippen molar-refractivity contribution in [2.24, 2.45) is 0 Å². The molecule has 4 aromatic rings. The zero-order chi connectivity index (χ0) is 25.8. The molecule has 2 saturated heterocycles. The van der Waals surface area contributed by atoms with Crippen molar-refractivity contribution in [3.63, 3.8) is 0 Å². The predicted molar refractivity (Wildman–Crippen MR) is 143 cm³/mol. The zero-order valence-corrected chi connectivity index (χ0v) is 22.0. The van der Waals surface area contributed by atoms with E-state index in [0.29, 0.717) is 45.6 Å². The highest BCUT2D eigenvalue weighted by Crippen LogP contribution is 2.46. The lowest BCUT2D eigenvalue weighted by atomic mass is 9.95. The molecule has 196 valence electrons. The van der Waals surface area contributed by atoms with E-state index in [1.165, 1.54) is 6.07 Å². The second-order valence-corrected chi connectivity index (χ2v) is 11.3. The molecule has 2 unspecified atom stereocenters. The lowest BCUT2D eigenvalue weighted by Crippen LogP contribution is -2.49. The Balaban J connectivity index is 1.09. The molecule has 38 heavy (non-hydrogen) atoms. The lowest BCUT2D eigenvalue weighted by Gasteiger charge is -2.41. The maximum Gasteiger partial charge on any atom is 0.204 e. The van der Waals surface area contributed by atoms with Gasteiger partial charge in [-0.05, 0) is 74.1 Å². The minimum Gasteiger partial charge on any atom is -0.363 e. The third-order valence-corrected chi connectivity index (χ3v) is 8.73. The van der Waals surface area contributed by atoms with Crippen LogP contribution in [0, 0.1) is 5.82 Å². The Bertz CT molecular complexity index is 1440.